The van der Waals surface area contributed by atoms with E-state index in [2.05, 4.69) is 11.4 Å². The van der Waals surface area contributed by atoms with Gasteiger partial charge in [0, 0.05) is 11.1 Å². The topological polar surface area (TPSA) is 56.0 Å². The molecule has 98 valence electrons. The number of hydrogen-bond acceptors (Lipinski definition) is 4. The highest BCUT2D eigenvalue weighted by atomic mass is 32.1. The zero-order chi connectivity index (χ0) is 13.9. The Morgan fingerprint density at radius 3 is 2.60 bits per heavy atom. The molecule has 1 aliphatic rings. The van der Waals surface area contributed by atoms with Crippen molar-refractivity contribution in [3.05, 3.63) is 75.9 Å². The van der Waals surface area contributed by atoms with E-state index in [1.807, 2.05) is 47.8 Å². The van der Waals surface area contributed by atoms with E-state index in [0.29, 0.717) is 5.57 Å². The third kappa shape index (κ3) is 2.09. The average molecular weight is 280 g/mol. The molecule has 0 fully saturated rings. The summed E-state index contributed by atoms with van der Waals surface area (Å²) in [5.41, 5.74) is 2.35. The van der Waals surface area contributed by atoms with Gasteiger partial charge in [-0.25, -0.2) is 0 Å². The second-order valence-electron chi connectivity index (χ2n) is 4.44. The molecule has 0 bridgehead atoms. The molecule has 1 aliphatic heterocycles. The molecule has 0 amide bonds. The first kappa shape index (κ1) is 12.5. The highest BCUT2D eigenvalue weighted by Gasteiger charge is 2.29. The predicted molar refractivity (Wildman–Crippen MR) is 79.9 cm³/mol. The van der Waals surface area contributed by atoms with Gasteiger partial charge in [0.15, 0.2) is 0 Å². The van der Waals surface area contributed by atoms with Crippen molar-refractivity contribution in [2.75, 3.05) is 0 Å². The van der Waals surface area contributed by atoms with Crippen LogP contribution in [-0.4, -0.2) is 5.11 Å². The van der Waals surface area contributed by atoms with E-state index in [9.17, 15) is 10.4 Å². The van der Waals surface area contributed by atoms with Gasteiger partial charge in [0.2, 0.25) is 5.88 Å². The fraction of sp³-hybridized carbons (Fsp3) is 0.0625. The highest BCUT2D eigenvalue weighted by molar-refractivity contribution is 7.11. The summed E-state index contributed by atoms with van der Waals surface area (Å²) in [6, 6.07) is 15.9. The predicted octanol–water partition coefficient (Wildman–Crippen LogP) is 3.77. The number of nitrogens with one attached hydrogen (secondary N) is 1. The van der Waals surface area contributed by atoms with Gasteiger partial charge >= 0.3 is 0 Å². The molecule has 4 heteroatoms. The molecule has 2 aromatic rings. The summed E-state index contributed by atoms with van der Waals surface area (Å²) in [5.74, 6) is -0.303. The minimum Gasteiger partial charge on any atom is -0.494 e. The zero-order valence-electron chi connectivity index (χ0n) is 10.6. The number of aliphatic hydroxyl groups is 1. The van der Waals surface area contributed by atoms with Gasteiger partial charge in [0.1, 0.15) is 11.6 Å². The number of hydrogen-bond donors (Lipinski definition) is 2. The van der Waals surface area contributed by atoms with Crippen molar-refractivity contribution in [1.82, 2.24) is 5.32 Å². The van der Waals surface area contributed by atoms with Crippen LogP contribution >= 0.6 is 11.3 Å². The third-order valence-corrected chi connectivity index (χ3v) is 4.20. The molecule has 0 radical (unpaired) electrons. The Hall–Kier alpha value is -2.51. The molecular weight excluding hydrogens is 268 g/mol. The Morgan fingerprint density at radius 1 is 1.15 bits per heavy atom. The average Bonchev–Trinajstić information content (AvgIpc) is 3.02. The second-order valence-corrected chi connectivity index (χ2v) is 5.39. The Bertz CT molecular complexity index is 709. The zero-order valence-corrected chi connectivity index (χ0v) is 11.4. The summed E-state index contributed by atoms with van der Waals surface area (Å²) in [4.78, 5) is 1.09. The van der Waals surface area contributed by atoms with E-state index >= 15 is 0 Å². The summed E-state index contributed by atoms with van der Waals surface area (Å²) in [7, 11) is 0. The van der Waals surface area contributed by atoms with Crippen molar-refractivity contribution < 1.29 is 5.11 Å². The van der Waals surface area contributed by atoms with Gasteiger partial charge in [-0.05, 0) is 22.6 Å². The number of rotatable bonds is 2. The van der Waals surface area contributed by atoms with E-state index in [4.69, 9.17) is 0 Å². The lowest BCUT2D eigenvalue weighted by Gasteiger charge is -2.24. The Morgan fingerprint density at radius 2 is 1.95 bits per heavy atom. The lowest BCUT2D eigenvalue weighted by molar-refractivity contribution is 0.372. The van der Waals surface area contributed by atoms with Crippen LogP contribution < -0.4 is 5.32 Å². The van der Waals surface area contributed by atoms with Crippen molar-refractivity contribution in [3.8, 4) is 6.07 Å². The van der Waals surface area contributed by atoms with Gasteiger partial charge < -0.3 is 10.4 Å². The molecule has 3 nitrogen and oxygen atoms in total. The van der Waals surface area contributed by atoms with Crippen molar-refractivity contribution in [1.29, 1.82) is 5.26 Å². The molecule has 0 spiro atoms. The molecule has 20 heavy (non-hydrogen) atoms. The van der Waals surface area contributed by atoms with Crippen LogP contribution in [0.2, 0.25) is 0 Å². The van der Waals surface area contributed by atoms with Crippen molar-refractivity contribution >= 4 is 16.9 Å². The largest absolute Gasteiger partial charge is 0.494 e. The Balaban J connectivity index is 2.14. The fourth-order valence-electron chi connectivity index (χ4n) is 2.36. The van der Waals surface area contributed by atoms with Gasteiger partial charge in [-0.3, -0.25) is 0 Å². The minimum absolute atomic E-state index is 0.0679. The maximum atomic E-state index is 9.92. The van der Waals surface area contributed by atoms with Crippen LogP contribution in [0.3, 0.4) is 0 Å². The summed E-state index contributed by atoms with van der Waals surface area (Å²) >= 11 is 1.62. The summed E-state index contributed by atoms with van der Waals surface area (Å²) in [5, 5.41) is 24.1. The summed E-state index contributed by atoms with van der Waals surface area (Å²) in [6.07, 6.45) is 1.78. The molecule has 1 aromatic carbocycles. The van der Waals surface area contributed by atoms with E-state index < -0.39 is 0 Å². The van der Waals surface area contributed by atoms with Crippen LogP contribution in [0.25, 0.3) is 5.57 Å². The molecule has 1 atom stereocenters. The van der Waals surface area contributed by atoms with E-state index in [1.165, 1.54) is 0 Å². The third-order valence-electron chi connectivity index (χ3n) is 3.28. The van der Waals surface area contributed by atoms with Crippen LogP contribution in [0.5, 0.6) is 0 Å². The first-order valence-corrected chi connectivity index (χ1v) is 7.08. The monoisotopic (exact) mass is 280 g/mol. The number of nitriles is 1. The molecule has 2 heterocycles. The van der Waals surface area contributed by atoms with Gasteiger partial charge in [0.25, 0.3) is 0 Å². The number of allylic oxidation sites excluding steroid dienone is 2. The number of aliphatic hydroxyl groups excluding tert-OH is 1. The Kier molecular flexibility index (Phi) is 3.28. The lowest BCUT2D eigenvalue weighted by atomic mass is 9.83. The standard InChI is InChI=1S/C16H12N2OS/c17-9-12-15(11-5-2-1-3-6-11)13(10-18-16(12)19)14-7-4-8-20-14/h1-8,10,15,18-19H. The van der Waals surface area contributed by atoms with Crippen molar-refractivity contribution in [3.63, 3.8) is 0 Å². The quantitative estimate of drug-likeness (QED) is 0.880. The molecular formula is C16H12N2OS. The van der Waals surface area contributed by atoms with Crippen LogP contribution in [0.15, 0.2) is 65.5 Å². The number of dihydropyridines is 1. The van der Waals surface area contributed by atoms with Crippen molar-refractivity contribution in [2.45, 2.75) is 5.92 Å². The Labute approximate surface area is 121 Å². The maximum Gasteiger partial charge on any atom is 0.203 e. The first-order chi connectivity index (χ1) is 9.81. The van der Waals surface area contributed by atoms with E-state index in [-0.39, 0.29) is 11.8 Å². The summed E-state index contributed by atoms with van der Waals surface area (Å²) in [6.45, 7) is 0. The lowest BCUT2D eigenvalue weighted by Crippen LogP contribution is -2.19. The van der Waals surface area contributed by atoms with E-state index in [1.54, 1.807) is 17.5 Å². The SMILES string of the molecule is N#CC1=C(O)NC=C(c2cccs2)C1c1ccccc1. The van der Waals surface area contributed by atoms with Crippen LogP contribution in [-0.2, 0) is 0 Å². The summed E-state index contributed by atoms with van der Waals surface area (Å²) < 4.78 is 0. The normalized spacial score (nSPS) is 18.1. The molecule has 3 rings (SSSR count). The molecule has 2 N–H and O–H groups in total. The van der Waals surface area contributed by atoms with Crippen LogP contribution in [0, 0.1) is 11.3 Å². The molecule has 0 saturated carbocycles. The number of benzene rings is 1. The van der Waals surface area contributed by atoms with Gasteiger partial charge in [-0.1, -0.05) is 36.4 Å². The molecule has 1 aromatic heterocycles. The van der Waals surface area contributed by atoms with Gasteiger partial charge in [-0.2, -0.15) is 5.26 Å². The van der Waals surface area contributed by atoms with E-state index in [0.717, 1.165) is 16.0 Å². The van der Waals surface area contributed by atoms with Gasteiger partial charge in [-0.15, -0.1) is 11.3 Å². The smallest absolute Gasteiger partial charge is 0.203 e. The maximum absolute atomic E-state index is 9.92. The van der Waals surface area contributed by atoms with Gasteiger partial charge in [0.05, 0.1) is 5.92 Å². The molecule has 1 unspecified atom stereocenters. The highest BCUT2D eigenvalue weighted by Crippen LogP contribution is 2.41. The van der Waals surface area contributed by atoms with Crippen LogP contribution in [0.1, 0.15) is 16.4 Å². The minimum atomic E-state index is -0.235. The van der Waals surface area contributed by atoms with Crippen LogP contribution in [0.4, 0.5) is 0 Å². The molecule has 0 aliphatic carbocycles. The number of nitrogens with zero attached hydrogens (tertiary/aromatic N) is 1. The van der Waals surface area contributed by atoms with Crippen molar-refractivity contribution in [2.24, 2.45) is 0 Å². The number of thiophene rings is 1. The molecule has 0 saturated heterocycles. The second kappa shape index (κ2) is 5.24. The first-order valence-electron chi connectivity index (χ1n) is 6.20. The fourth-order valence-corrected chi connectivity index (χ4v) is 3.14.